The van der Waals surface area contributed by atoms with Gasteiger partial charge >= 0.3 is 0 Å². The first kappa shape index (κ1) is 14.5. The lowest BCUT2D eigenvalue weighted by molar-refractivity contribution is -0.119. The van der Waals surface area contributed by atoms with Gasteiger partial charge in [-0.1, -0.05) is 65.2 Å². The number of carbonyl (C=O) groups excluding carboxylic acids is 1. The SMILES string of the molecule is CCCCCCC(CCCC)C1CNC(=O)C1. The molecule has 0 saturated carbocycles. The molecule has 1 amide bonds. The zero-order valence-corrected chi connectivity index (χ0v) is 11.6. The fourth-order valence-corrected chi connectivity index (χ4v) is 2.88. The second kappa shape index (κ2) is 8.54. The molecule has 1 rings (SSSR count). The molecular weight excluding hydrogens is 210 g/mol. The van der Waals surface area contributed by atoms with E-state index in [-0.39, 0.29) is 5.91 Å². The molecule has 2 unspecified atom stereocenters. The Balaban J connectivity index is 2.29. The van der Waals surface area contributed by atoms with E-state index in [9.17, 15) is 4.79 Å². The summed E-state index contributed by atoms with van der Waals surface area (Å²) in [6.45, 7) is 5.45. The highest BCUT2D eigenvalue weighted by Gasteiger charge is 2.28. The van der Waals surface area contributed by atoms with Gasteiger partial charge in [0.1, 0.15) is 0 Å². The Labute approximate surface area is 107 Å². The molecule has 100 valence electrons. The third kappa shape index (κ3) is 5.56. The predicted octanol–water partition coefficient (Wildman–Crippen LogP) is 3.90. The molecule has 0 aromatic rings. The number of carbonyl (C=O) groups is 1. The molecule has 2 nitrogen and oxygen atoms in total. The Kier molecular flexibility index (Phi) is 7.30. The molecule has 17 heavy (non-hydrogen) atoms. The monoisotopic (exact) mass is 239 g/mol. The van der Waals surface area contributed by atoms with Crippen molar-refractivity contribution in [1.29, 1.82) is 0 Å². The summed E-state index contributed by atoms with van der Waals surface area (Å²) in [6, 6.07) is 0. The first-order valence-electron chi connectivity index (χ1n) is 7.54. The van der Waals surface area contributed by atoms with Crippen molar-refractivity contribution in [2.45, 2.75) is 71.6 Å². The number of nitrogens with one attached hydrogen (secondary N) is 1. The van der Waals surface area contributed by atoms with Gasteiger partial charge in [-0.3, -0.25) is 4.79 Å². The van der Waals surface area contributed by atoms with Crippen LogP contribution < -0.4 is 5.32 Å². The third-order valence-corrected chi connectivity index (χ3v) is 4.03. The largest absolute Gasteiger partial charge is 0.356 e. The molecule has 2 heteroatoms. The van der Waals surface area contributed by atoms with Gasteiger partial charge in [-0.15, -0.1) is 0 Å². The van der Waals surface area contributed by atoms with Crippen LogP contribution in [0, 0.1) is 11.8 Å². The van der Waals surface area contributed by atoms with Crippen LogP contribution in [-0.4, -0.2) is 12.5 Å². The van der Waals surface area contributed by atoms with Crippen molar-refractivity contribution in [1.82, 2.24) is 5.32 Å². The maximum atomic E-state index is 11.3. The van der Waals surface area contributed by atoms with Gasteiger partial charge in [0, 0.05) is 13.0 Å². The van der Waals surface area contributed by atoms with E-state index in [2.05, 4.69) is 19.2 Å². The molecular formula is C15H29NO. The third-order valence-electron chi connectivity index (χ3n) is 4.03. The van der Waals surface area contributed by atoms with Crippen LogP contribution in [-0.2, 0) is 4.79 Å². The van der Waals surface area contributed by atoms with Crippen molar-refractivity contribution >= 4 is 5.91 Å². The minimum Gasteiger partial charge on any atom is -0.356 e. The van der Waals surface area contributed by atoms with E-state index in [0.717, 1.165) is 18.9 Å². The van der Waals surface area contributed by atoms with Crippen LogP contribution in [0.25, 0.3) is 0 Å². The second-order valence-corrected chi connectivity index (χ2v) is 5.52. The summed E-state index contributed by atoms with van der Waals surface area (Å²) in [7, 11) is 0. The van der Waals surface area contributed by atoms with E-state index in [0.29, 0.717) is 5.92 Å². The van der Waals surface area contributed by atoms with E-state index in [1.54, 1.807) is 0 Å². The normalized spacial score (nSPS) is 21.5. The van der Waals surface area contributed by atoms with Crippen molar-refractivity contribution in [2.75, 3.05) is 6.54 Å². The molecule has 1 N–H and O–H groups in total. The molecule has 1 aliphatic heterocycles. The van der Waals surface area contributed by atoms with Gasteiger partial charge in [0.2, 0.25) is 5.91 Å². The average Bonchev–Trinajstić information content (AvgIpc) is 2.75. The summed E-state index contributed by atoms with van der Waals surface area (Å²) in [6.07, 6.45) is 11.4. The molecule has 0 aromatic heterocycles. The van der Waals surface area contributed by atoms with Gasteiger partial charge in [0.25, 0.3) is 0 Å². The number of unbranched alkanes of at least 4 members (excludes halogenated alkanes) is 4. The molecule has 1 fully saturated rings. The maximum absolute atomic E-state index is 11.3. The Bertz CT molecular complexity index is 215. The fraction of sp³-hybridized carbons (Fsp3) is 0.933. The summed E-state index contributed by atoms with van der Waals surface area (Å²) < 4.78 is 0. The van der Waals surface area contributed by atoms with Crippen LogP contribution in [0.1, 0.15) is 71.6 Å². The van der Waals surface area contributed by atoms with Gasteiger partial charge < -0.3 is 5.32 Å². The molecule has 0 radical (unpaired) electrons. The number of rotatable bonds is 9. The topological polar surface area (TPSA) is 29.1 Å². The highest BCUT2D eigenvalue weighted by molar-refractivity contribution is 5.78. The lowest BCUT2D eigenvalue weighted by Crippen LogP contribution is -2.18. The summed E-state index contributed by atoms with van der Waals surface area (Å²) in [5, 5.41) is 2.99. The van der Waals surface area contributed by atoms with Crippen LogP contribution in [0.4, 0.5) is 0 Å². The second-order valence-electron chi connectivity index (χ2n) is 5.52. The molecule has 0 aromatic carbocycles. The van der Waals surface area contributed by atoms with Crippen molar-refractivity contribution in [2.24, 2.45) is 11.8 Å². The lowest BCUT2D eigenvalue weighted by Gasteiger charge is -2.22. The van der Waals surface area contributed by atoms with E-state index >= 15 is 0 Å². The van der Waals surface area contributed by atoms with Crippen molar-refractivity contribution < 1.29 is 4.79 Å². The molecule has 2 atom stereocenters. The molecule has 1 saturated heterocycles. The fourth-order valence-electron chi connectivity index (χ4n) is 2.88. The summed E-state index contributed by atoms with van der Waals surface area (Å²) in [4.78, 5) is 11.3. The highest BCUT2D eigenvalue weighted by atomic mass is 16.1. The minimum atomic E-state index is 0.269. The molecule has 1 aliphatic rings. The summed E-state index contributed by atoms with van der Waals surface area (Å²) >= 11 is 0. The summed E-state index contributed by atoms with van der Waals surface area (Å²) in [5.41, 5.74) is 0. The zero-order valence-electron chi connectivity index (χ0n) is 11.6. The highest BCUT2D eigenvalue weighted by Crippen LogP contribution is 2.29. The van der Waals surface area contributed by atoms with Crippen LogP contribution in [0.3, 0.4) is 0 Å². The Hall–Kier alpha value is -0.530. The lowest BCUT2D eigenvalue weighted by atomic mass is 9.83. The quantitative estimate of drug-likeness (QED) is 0.607. The predicted molar refractivity (Wildman–Crippen MR) is 72.9 cm³/mol. The van der Waals surface area contributed by atoms with Gasteiger partial charge in [0.05, 0.1) is 0 Å². The molecule has 1 heterocycles. The van der Waals surface area contributed by atoms with Crippen molar-refractivity contribution in [3.63, 3.8) is 0 Å². The van der Waals surface area contributed by atoms with E-state index in [4.69, 9.17) is 0 Å². The average molecular weight is 239 g/mol. The van der Waals surface area contributed by atoms with Gasteiger partial charge in [-0.05, 0) is 11.8 Å². The smallest absolute Gasteiger partial charge is 0.220 e. The first-order chi connectivity index (χ1) is 8.27. The summed E-state index contributed by atoms with van der Waals surface area (Å²) in [5.74, 6) is 1.67. The number of hydrogen-bond donors (Lipinski definition) is 1. The van der Waals surface area contributed by atoms with Crippen LogP contribution >= 0.6 is 0 Å². The minimum absolute atomic E-state index is 0.269. The van der Waals surface area contributed by atoms with Crippen LogP contribution in [0.2, 0.25) is 0 Å². The van der Waals surface area contributed by atoms with Crippen LogP contribution in [0.5, 0.6) is 0 Å². The Morgan fingerprint density at radius 1 is 1.12 bits per heavy atom. The molecule has 0 bridgehead atoms. The standard InChI is InChI=1S/C15H29NO/c1-3-5-7-8-10-13(9-6-4-2)14-11-15(17)16-12-14/h13-14H,3-12H2,1-2H3,(H,16,17). The number of hydrogen-bond acceptors (Lipinski definition) is 1. The van der Waals surface area contributed by atoms with E-state index in [1.807, 2.05) is 0 Å². The maximum Gasteiger partial charge on any atom is 0.220 e. The first-order valence-corrected chi connectivity index (χ1v) is 7.54. The number of amides is 1. The van der Waals surface area contributed by atoms with Crippen LogP contribution in [0.15, 0.2) is 0 Å². The molecule has 0 aliphatic carbocycles. The van der Waals surface area contributed by atoms with E-state index in [1.165, 1.54) is 51.4 Å². The van der Waals surface area contributed by atoms with E-state index < -0.39 is 0 Å². The Morgan fingerprint density at radius 3 is 2.41 bits per heavy atom. The van der Waals surface area contributed by atoms with Gasteiger partial charge in [0.15, 0.2) is 0 Å². The molecule has 0 spiro atoms. The Morgan fingerprint density at radius 2 is 1.82 bits per heavy atom. The van der Waals surface area contributed by atoms with Gasteiger partial charge in [-0.2, -0.15) is 0 Å². The van der Waals surface area contributed by atoms with Crippen molar-refractivity contribution in [3.05, 3.63) is 0 Å². The van der Waals surface area contributed by atoms with Gasteiger partial charge in [-0.25, -0.2) is 0 Å². The zero-order chi connectivity index (χ0) is 12.5. The van der Waals surface area contributed by atoms with Crippen molar-refractivity contribution in [3.8, 4) is 0 Å².